The number of carbonyl (C=O) groups is 1. The van der Waals surface area contributed by atoms with Crippen molar-refractivity contribution in [3.8, 4) is 16.9 Å². The van der Waals surface area contributed by atoms with E-state index in [-0.39, 0.29) is 39.9 Å². The fourth-order valence-electron chi connectivity index (χ4n) is 3.34. The Morgan fingerprint density at radius 1 is 1.10 bits per heavy atom. The maximum atomic E-state index is 15.1. The molecule has 0 fully saturated rings. The first-order valence-corrected chi connectivity index (χ1v) is 9.55. The van der Waals surface area contributed by atoms with E-state index in [0.717, 1.165) is 5.56 Å². The van der Waals surface area contributed by atoms with Gasteiger partial charge >= 0.3 is 0 Å². The molecule has 150 valence electrons. The van der Waals surface area contributed by atoms with E-state index in [9.17, 15) is 4.79 Å². The Morgan fingerprint density at radius 2 is 1.79 bits per heavy atom. The first-order valence-electron chi connectivity index (χ1n) is 8.79. The predicted octanol–water partition coefficient (Wildman–Crippen LogP) is 5.00. The summed E-state index contributed by atoms with van der Waals surface area (Å²) in [6, 6.07) is 15.5. The molecule has 0 aromatic heterocycles. The van der Waals surface area contributed by atoms with Crippen molar-refractivity contribution < 1.29 is 13.9 Å². The molecule has 0 spiro atoms. The zero-order valence-corrected chi connectivity index (χ0v) is 17.1. The van der Waals surface area contributed by atoms with Crippen molar-refractivity contribution in [3.05, 3.63) is 87.2 Å². The molecule has 4 N–H and O–H groups in total. The molecule has 29 heavy (non-hydrogen) atoms. The summed E-state index contributed by atoms with van der Waals surface area (Å²) in [5.74, 6) is -1.79. The maximum Gasteiger partial charge on any atom is 0.249 e. The summed E-state index contributed by atoms with van der Waals surface area (Å²) in [5, 5.41) is 0.569. The summed E-state index contributed by atoms with van der Waals surface area (Å²) >= 11 is 12.9. The number of nitrogens with two attached hydrogens (primary N) is 2. The molecular weight excluding hydrogens is 414 g/mol. The number of benzene rings is 3. The van der Waals surface area contributed by atoms with Crippen LogP contribution in [0.3, 0.4) is 0 Å². The van der Waals surface area contributed by atoms with E-state index in [1.807, 2.05) is 30.3 Å². The molecule has 0 aliphatic heterocycles. The second kappa shape index (κ2) is 8.82. The average molecular weight is 433 g/mol. The second-order valence-corrected chi connectivity index (χ2v) is 7.24. The van der Waals surface area contributed by atoms with Gasteiger partial charge in [0, 0.05) is 28.6 Å². The van der Waals surface area contributed by atoms with Gasteiger partial charge in [0.25, 0.3) is 0 Å². The standard InChI is InChI=1S/C22H19Cl2FN2O2/c1-29-19-8-7-13(22(27)28)20(21(19)25)15-9-14(17(23)10-18(15)24)16(11-26)12-5-3-2-4-6-12/h2-10,16H,11,26H2,1H3,(H2,27,28). The minimum Gasteiger partial charge on any atom is -0.494 e. The summed E-state index contributed by atoms with van der Waals surface area (Å²) in [6.07, 6.45) is 0. The number of rotatable bonds is 6. The molecule has 0 aliphatic rings. The zero-order valence-electron chi connectivity index (χ0n) is 15.6. The van der Waals surface area contributed by atoms with Crippen LogP contribution >= 0.6 is 23.2 Å². The number of carbonyl (C=O) groups excluding carboxylic acids is 1. The molecule has 0 aliphatic carbocycles. The van der Waals surface area contributed by atoms with Crippen LogP contribution in [0.1, 0.15) is 27.4 Å². The lowest BCUT2D eigenvalue weighted by Gasteiger charge is -2.20. The molecule has 3 rings (SSSR count). The largest absolute Gasteiger partial charge is 0.494 e. The third-order valence-corrected chi connectivity index (χ3v) is 5.40. The predicted molar refractivity (Wildman–Crippen MR) is 114 cm³/mol. The first kappa shape index (κ1) is 21.1. The summed E-state index contributed by atoms with van der Waals surface area (Å²) in [7, 11) is 1.33. The summed E-state index contributed by atoms with van der Waals surface area (Å²) in [6.45, 7) is 0.272. The Balaban J connectivity index is 2.28. The molecule has 1 atom stereocenters. The van der Waals surface area contributed by atoms with Crippen LogP contribution in [0.5, 0.6) is 5.75 Å². The Labute approximate surface area is 178 Å². The Bertz CT molecular complexity index is 1060. The molecule has 0 heterocycles. The van der Waals surface area contributed by atoms with Gasteiger partial charge in [0.05, 0.1) is 17.7 Å². The highest BCUT2D eigenvalue weighted by Gasteiger charge is 2.24. The third kappa shape index (κ3) is 4.08. The minimum absolute atomic E-state index is 0.0116. The van der Waals surface area contributed by atoms with Gasteiger partial charge in [0.2, 0.25) is 5.91 Å². The van der Waals surface area contributed by atoms with Crippen LogP contribution in [-0.4, -0.2) is 19.6 Å². The number of primary amides is 1. The van der Waals surface area contributed by atoms with Crippen LogP contribution in [0.2, 0.25) is 10.0 Å². The van der Waals surface area contributed by atoms with Crippen molar-refractivity contribution in [2.75, 3.05) is 13.7 Å². The fourth-order valence-corrected chi connectivity index (χ4v) is 3.94. The van der Waals surface area contributed by atoms with E-state index < -0.39 is 11.7 Å². The fraction of sp³-hybridized carbons (Fsp3) is 0.136. The van der Waals surface area contributed by atoms with Crippen LogP contribution in [0.4, 0.5) is 4.39 Å². The van der Waals surface area contributed by atoms with Crippen LogP contribution in [-0.2, 0) is 0 Å². The molecule has 1 amide bonds. The van der Waals surface area contributed by atoms with Gasteiger partial charge in [-0.1, -0.05) is 53.5 Å². The van der Waals surface area contributed by atoms with Gasteiger partial charge in [-0.15, -0.1) is 0 Å². The molecule has 4 nitrogen and oxygen atoms in total. The summed E-state index contributed by atoms with van der Waals surface area (Å²) in [4.78, 5) is 11.9. The summed E-state index contributed by atoms with van der Waals surface area (Å²) in [5.41, 5.74) is 13.3. The molecule has 0 saturated carbocycles. The number of methoxy groups -OCH3 is 1. The van der Waals surface area contributed by atoms with Crippen LogP contribution in [0.25, 0.3) is 11.1 Å². The van der Waals surface area contributed by atoms with E-state index in [2.05, 4.69) is 0 Å². The molecule has 1 unspecified atom stereocenters. The van der Waals surface area contributed by atoms with E-state index in [0.29, 0.717) is 10.6 Å². The van der Waals surface area contributed by atoms with Crippen LogP contribution in [0, 0.1) is 5.82 Å². The number of amides is 1. The lowest BCUT2D eigenvalue weighted by molar-refractivity contribution is 0.100. The molecule has 0 saturated heterocycles. The Hall–Kier alpha value is -2.60. The molecule has 7 heteroatoms. The maximum absolute atomic E-state index is 15.1. The molecule has 0 radical (unpaired) electrons. The van der Waals surface area contributed by atoms with Gasteiger partial charge < -0.3 is 16.2 Å². The van der Waals surface area contributed by atoms with Crippen molar-refractivity contribution in [3.63, 3.8) is 0 Å². The Kier molecular flexibility index (Phi) is 6.42. The van der Waals surface area contributed by atoms with Crippen molar-refractivity contribution in [2.24, 2.45) is 11.5 Å². The molecule has 0 bridgehead atoms. The quantitative estimate of drug-likeness (QED) is 0.575. The van der Waals surface area contributed by atoms with Gasteiger partial charge in [-0.05, 0) is 35.4 Å². The molecular formula is C22H19Cl2FN2O2. The number of ether oxygens (including phenoxy) is 1. The Morgan fingerprint density at radius 3 is 2.38 bits per heavy atom. The smallest absolute Gasteiger partial charge is 0.249 e. The number of hydrogen-bond acceptors (Lipinski definition) is 3. The van der Waals surface area contributed by atoms with E-state index in [1.165, 1.54) is 25.3 Å². The monoisotopic (exact) mass is 432 g/mol. The third-order valence-electron chi connectivity index (χ3n) is 4.76. The van der Waals surface area contributed by atoms with E-state index in [4.69, 9.17) is 39.4 Å². The van der Waals surface area contributed by atoms with Crippen LogP contribution in [0.15, 0.2) is 54.6 Å². The average Bonchev–Trinajstić information content (AvgIpc) is 2.71. The van der Waals surface area contributed by atoms with Crippen molar-refractivity contribution >= 4 is 29.1 Å². The van der Waals surface area contributed by atoms with E-state index >= 15 is 4.39 Å². The minimum atomic E-state index is -0.785. The van der Waals surface area contributed by atoms with Gasteiger partial charge in [-0.3, -0.25) is 4.79 Å². The van der Waals surface area contributed by atoms with E-state index in [1.54, 1.807) is 6.07 Å². The van der Waals surface area contributed by atoms with Gasteiger partial charge in [0.15, 0.2) is 11.6 Å². The van der Waals surface area contributed by atoms with Gasteiger partial charge in [0.1, 0.15) is 0 Å². The molecule has 3 aromatic rings. The SMILES string of the molecule is COc1ccc(C(N)=O)c(-c2cc(C(CN)c3ccccc3)c(Cl)cc2Cl)c1F. The highest BCUT2D eigenvalue weighted by atomic mass is 35.5. The highest BCUT2D eigenvalue weighted by molar-refractivity contribution is 6.37. The van der Waals surface area contributed by atoms with Crippen molar-refractivity contribution in [1.29, 1.82) is 0 Å². The zero-order chi connectivity index (χ0) is 21.1. The van der Waals surface area contributed by atoms with Gasteiger partial charge in [-0.25, -0.2) is 4.39 Å². The second-order valence-electron chi connectivity index (χ2n) is 6.42. The number of hydrogen-bond donors (Lipinski definition) is 2. The highest BCUT2D eigenvalue weighted by Crippen LogP contribution is 2.41. The normalized spacial score (nSPS) is 11.9. The number of halogens is 3. The van der Waals surface area contributed by atoms with Crippen molar-refractivity contribution in [1.82, 2.24) is 0 Å². The lowest BCUT2D eigenvalue weighted by atomic mass is 9.88. The van der Waals surface area contributed by atoms with Gasteiger partial charge in [-0.2, -0.15) is 0 Å². The lowest BCUT2D eigenvalue weighted by Crippen LogP contribution is -2.15. The summed E-state index contributed by atoms with van der Waals surface area (Å²) < 4.78 is 20.2. The molecule has 3 aromatic carbocycles. The first-order chi connectivity index (χ1) is 13.9. The topological polar surface area (TPSA) is 78.3 Å². The van der Waals surface area contributed by atoms with Crippen LogP contribution < -0.4 is 16.2 Å². The van der Waals surface area contributed by atoms with Crippen molar-refractivity contribution in [2.45, 2.75) is 5.92 Å².